The van der Waals surface area contributed by atoms with Gasteiger partial charge in [0.05, 0.1) is 18.3 Å². The highest BCUT2D eigenvalue weighted by molar-refractivity contribution is 6.01. The number of rotatable bonds is 7. The number of amides is 4. The lowest BCUT2D eigenvalue weighted by molar-refractivity contribution is -0.133. The van der Waals surface area contributed by atoms with Crippen LogP contribution in [0.2, 0.25) is 0 Å². The first-order valence-corrected chi connectivity index (χ1v) is 10.6. The van der Waals surface area contributed by atoms with Gasteiger partial charge in [0.2, 0.25) is 11.8 Å². The number of aromatic nitrogens is 1. The molecule has 31 heavy (non-hydrogen) atoms. The van der Waals surface area contributed by atoms with Gasteiger partial charge in [-0.15, -0.1) is 0 Å². The molecule has 2 aliphatic heterocycles. The van der Waals surface area contributed by atoms with Crippen molar-refractivity contribution in [2.24, 2.45) is 0 Å². The number of nitrogens with one attached hydrogen (secondary N) is 1. The fraction of sp³-hybridized carbons (Fsp3) is 0.391. The average Bonchev–Trinajstić information content (AvgIpc) is 3.38. The van der Waals surface area contributed by atoms with Crippen molar-refractivity contribution in [2.75, 3.05) is 19.6 Å². The third-order valence-electron chi connectivity index (χ3n) is 5.79. The Labute approximate surface area is 180 Å². The molecule has 8 heteroatoms. The first-order chi connectivity index (χ1) is 15.0. The molecule has 2 saturated heterocycles. The topological polar surface area (TPSA) is 82.6 Å². The first kappa shape index (κ1) is 21.0. The zero-order chi connectivity index (χ0) is 21.8. The molecule has 3 heterocycles. The van der Waals surface area contributed by atoms with Gasteiger partial charge in [-0.1, -0.05) is 18.2 Å². The van der Waals surface area contributed by atoms with Crippen LogP contribution >= 0.6 is 0 Å². The third-order valence-corrected chi connectivity index (χ3v) is 5.79. The van der Waals surface area contributed by atoms with Crippen LogP contribution in [0, 0.1) is 5.82 Å². The Balaban J connectivity index is 1.33. The second-order valence-electron chi connectivity index (χ2n) is 7.95. The Morgan fingerprint density at radius 3 is 2.58 bits per heavy atom. The van der Waals surface area contributed by atoms with Crippen LogP contribution in [-0.2, 0) is 16.0 Å². The zero-order valence-electron chi connectivity index (χ0n) is 17.2. The van der Waals surface area contributed by atoms with E-state index in [-0.39, 0.29) is 49.2 Å². The van der Waals surface area contributed by atoms with E-state index in [0.717, 1.165) is 34.6 Å². The number of imide groups is 1. The molecule has 4 rings (SSSR count). The molecule has 0 radical (unpaired) electrons. The number of carbonyl (C=O) groups excluding carboxylic acids is 3. The van der Waals surface area contributed by atoms with Crippen molar-refractivity contribution in [1.82, 2.24) is 20.1 Å². The number of pyridine rings is 1. The van der Waals surface area contributed by atoms with E-state index in [9.17, 15) is 18.8 Å². The molecule has 1 N–H and O–H groups in total. The molecule has 0 aliphatic carbocycles. The smallest absolute Gasteiger partial charge is 0.324 e. The summed E-state index contributed by atoms with van der Waals surface area (Å²) < 4.78 is 13.1. The van der Waals surface area contributed by atoms with Crippen molar-refractivity contribution in [3.63, 3.8) is 0 Å². The molecule has 1 aromatic heterocycles. The molecular weight excluding hydrogens is 399 g/mol. The molecule has 0 spiro atoms. The number of hydrogen-bond acceptors (Lipinski definition) is 4. The van der Waals surface area contributed by atoms with Crippen LogP contribution in [-0.4, -0.2) is 52.3 Å². The molecule has 2 aliphatic rings. The minimum atomic E-state index is -0.388. The Bertz CT molecular complexity index is 946. The summed E-state index contributed by atoms with van der Waals surface area (Å²) in [5, 5.41) is 2.48. The van der Waals surface area contributed by atoms with Crippen LogP contribution in [0.5, 0.6) is 0 Å². The number of carbonyl (C=O) groups is 3. The number of likely N-dealkylation sites (tertiary alicyclic amines) is 1. The molecule has 1 atom stereocenters. The average molecular weight is 424 g/mol. The Hall–Kier alpha value is -3.29. The fourth-order valence-electron chi connectivity index (χ4n) is 4.16. The van der Waals surface area contributed by atoms with Crippen LogP contribution < -0.4 is 5.32 Å². The van der Waals surface area contributed by atoms with Gasteiger partial charge in [-0.3, -0.25) is 19.5 Å². The molecule has 7 nitrogen and oxygen atoms in total. The van der Waals surface area contributed by atoms with Crippen molar-refractivity contribution < 1.29 is 18.8 Å². The van der Waals surface area contributed by atoms with Crippen molar-refractivity contribution in [1.29, 1.82) is 0 Å². The van der Waals surface area contributed by atoms with Crippen molar-refractivity contribution in [2.45, 2.75) is 38.1 Å². The van der Waals surface area contributed by atoms with Gasteiger partial charge in [0.25, 0.3) is 0 Å². The Morgan fingerprint density at radius 2 is 1.90 bits per heavy atom. The summed E-state index contributed by atoms with van der Waals surface area (Å²) in [5.74, 6) is -0.480. The standard InChI is InChI=1S/C23H25FN4O3/c24-18-8-5-16(6-9-18)13-17-7-10-19(25-14-17)20-3-1-11-27(20)21(29)4-2-12-28-22(30)15-26-23(28)31/h5-10,14,20H,1-4,11-13,15H2,(H,26,31). The second-order valence-corrected chi connectivity index (χ2v) is 7.95. The summed E-state index contributed by atoms with van der Waals surface area (Å²) in [4.78, 5) is 43.6. The van der Waals surface area contributed by atoms with Gasteiger partial charge in [0.15, 0.2) is 0 Å². The van der Waals surface area contributed by atoms with Gasteiger partial charge in [0.1, 0.15) is 5.82 Å². The molecule has 0 saturated carbocycles. The molecular formula is C23H25FN4O3. The highest BCUT2D eigenvalue weighted by Crippen LogP contribution is 2.31. The summed E-state index contributed by atoms with van der Waals surface area (Å²) in [6, 6.07) is 9.95. The lowest BCUT2D eigenvalue weighted by atomic mass is 10.0. The van der Waals surface area contributed by atoms with Gasteiger partial charge < -0.3 is 10.2 Å². The second kappa shape index (κ2) is 9.24. The van der Waals surface area contributed by atoms with E-state index in [2.05, 4.69) is 10.3 Å². The van der Waals surface area contributed by atoms with Gasteiger partial charge >= 0.3 is 6.03 Å². The van der Waals surface area contributed by atoms with Crippen molar-refractivity contribution >= 4 is 17.8 Å². The number of benzene rings is 1. The van der Waals surface area contributed by atoms with Crippen LogP contribution in [0.3, 0.4) is 0 Å². The Kier molecular flexibility index (Phi) is 6.25. The van der Waals surface area contributed by atoms with E-state index in [1.54, 1.807) is 12.1 Å². The molecule has 4 amide bonds. The van der Waals surface area contributed by atoms with Crippen LogP contribution in [0.4, 0.5) is 9.18 Å². The number of nitrogens with zero attached hydrogens (tertiary/aromatic N) is 3. The number of hydrogen-bond donors (Lipinski definition) is 1. The molecule has 1 unspecified atom stereocenters. The van der Waals surface area contributed by atoms with Crippen LogP contribution in [0.15, 0.2) is 42.6 Å². The normalized spacial score (nSPS) is 18.5. The first-order valence-electron chi connectivity index (χ1n) is 10.6. The predicted octanol–water partition coefficient (Wildman–Crippen LogP) is 2.81. The summed E-state index contributed by atoms with van der Waals surface area (Å²) in [7, 11) is 0. The van der Waals surface area contributed by atoms with E-state index < -0.39 is 0 Å². The third kappa shape index (κ3) is 4.90. The maximum atomic E-state index is 13.1. The maximum absolute atomic E-state index is 13.1. The van der Waals surface area contributed by atoms with Gasteiger partial charge in [0, 0.05) is 25.7 Å². The van der Waals surface area contributed by atoms with E-state index in [1.807, 2.05) is 23.2 Å². The summed E-state index contributed by atoms with van der Waals surface area (Å²) in [5.41, 5.74) is 2.90. The van der Waals surface area contributed by atoms with E-state index >= 15 is 0 Å². The lowest BCUT2D eigenvalue weighted by Crippen LogP contribution is -2.34. The van der Waals surface area contributed by atoms with Crippen molar-refractivity contribution in [3.05, 3.63) is 65.2 Å². The Morgan fingerprint density at radius 1 is 1.13 bits per heavy atom. The zero-order valence-corrected chi connectivity index (χ0v) is 17.2. The van der Waals surface area contributed by atoms with Crippen LogP contribution in [0.1, 0.15) is 48.5 Å². The lowest BCUT2D eigenvalue weighted by Gasteiger charge is -2.25. The van der Waals surface area contributed by atoms with Gasteiger partial charge in [-0.2, -0.15) is 0 Å². The maximum Gasteiger partial charge on any atom is 0.324 e. The number of urea groups is 1. The summed E-state index contributed by atoms with van der Waals surface area (Å²) >= 11 is 0. The molecule has 162 valence electrons. The fourth-order valence-corrected chi connectivity index (χ4v) is 4.16. The van der Waals surface area contributed by atoms with Crippen LogP contribution in [0.25, 0.3) is 0 Å². The predicted molar refractivity (Wildman–Crippen MR) is 111 cm³/mol. The van der Waals surface area contributed by atoms with Crippen molar-refractivity contribution in [3.8, 4) is 0 Å². The highest BCUT2D eigenvalue weighted by atomic mass is 19.1. The van der Waals surface area contributed by atoms with Gasteiger partial charge in [-0.05, 0) is 55.0 Å². The highest BCUT2D eigenvalue weighted by Gasteiger charge is 2.32. The molecule has 2 aromatic rings. The molecule has 1 aromatic carbocycles. The largest absolute Gasteiger partial charge is 0.334 e. The van der Waals surface area contributed by atoms with E-state index in [4.69, 9.17) is 0 Å². The quantitative estimate of drug-likeness (QED) is 0.693. The molecule has 2 fully saturated rings. The van der Waals surface area contributed by atoms with Gasteiger partial charge in [-0.25, -0.2) is 9.18 Å². The number of halogens is 1. The minimum Gasteiger partial charge on any atom is -0.334 e. The van der Waals surface area contributed by atoms with E-state index in [0.29, 0.717) is 19.4 Å². The summed E-state index contributed by atoms with van der Waals surface area (Å²) in [6.07, 6.45) is 5.01. The summed E-state index contributed by atoms with van der Waals surface area (Å²) in [6.45, 7) is 0.973. The molecule has 0 bridgehead atoms. The monoisotopic (exact) mass is 424 g/mol. The van der Waals surface area contributed by atoms with E-state index in [1.165, 1.54) is 12.1 Å². The SMILES string of the molecule is O=C1CNC(=O)N1CCCC(=O)N1CCCC1c1ccc(Cc2ccc(F)cc2)cn1. The minimum absolute atomic E-state index is 0.0201.